The van der Waals surface area contributed by atoms with Crippen molar-refractivity contribution in [3.05, 3.63) is 16.9 Å². The molecule has 1 heterocycles. The summed E-state index contributed by atoms with van der Waals surface area (Å²) in [5, 5.41) is 4.04. The highest BCUT2D eigenvalue weighted by atomic mass is 79.9. The first-order valence-corrected chi connectivity index (χ1v) is 4.27. The first kappa shape index (κ1) is 9.25. The number of esters is 1. The molecule has 0 spiro atoms. The number of aromatic nitrogens is 2. The van der Waals surface area contributed by atoms with Gasteiger partial charge in [0.05, 0.1) is 20.1 Å². The van der Waals surface area contributed by atoms with E-state index in [0.29, 0.717) is 13.0 Å². The maximum absolute atomic E-state index is 10.7. The first-order valence-electron chi connectivity index (χ1n) is 3.48. The van der Waals surface area contributed by atoms with E-state index in [1.54, 1.807) is 10.9 Å². The van der Waals surface area contributed by atoms with Crippen molar-refractivity contribution >= 4 is 21.9 Å². The number of rotatable bonds is 3. The van der Waals surface area contributed by atoms with Gasteiger partial charge in [-0.2, -0.15) is 5.10 Å². The summed E-state index contributed by atoms with van der Waals surface area (Å²) in [5.74, 6) is -0.221. The lowest BCUT2D eigenvalue weighted by atomic mass is 10.4. The SMILES string of the molecule is COC(=O)CCn1ccc(Br)n1. The van der Waals surface area contributed by atoms with Gasteiger partial charge >= 0.3 is 5.97 Å². The van der Waals surface area contributed by atoms with Crippen LogP contribution in [0.1, 0.15) is 6.42 Å². The molecule has 0 aliphatic carbocycles. The average Bonchev–Trinajstić information content (AvgIpc) is 2.47. The molecule has 1 aromatic heterocycles. The highest BCUT2D eigenvalue weighted by Gasteiger charge is 2.01. The Morgan fingerprint density at radius 1 is 1.83 bits per heavy atom. The van der Waals surface area contributed by atoms with Crippen LogP contribution in [-0.4, -0.2) is 22.9 Å². The minimum Gasteiger partial charge on any atom is -0.469 e. The number of nitrogens with zero attached hydrogens (tertiary/aromatic N) is 2. The summed E-state index contributed by atoms with van der Waals surface area (Å²) < 4.78 is 6.94. The fourth-order valence-electron chi connectivity index (χ4n) is 0.769. The zero-order valence-electron chi connectivity index (χ0n) is 6.66. The number of carbonyl (C=O) groups excluding carboxylic acids is 1. The Labute approximate surface area is 78.6 Å². The van der Waals surface area contributed by atoms with Gasteiger partial charge in [0.25, 0.3) is 0 Å². The Bertz CT molecular complexity index is 272. The molecule has 0 radical (unpaired) electrons. The monoisotopic (exact) mass is 232 g/mol. The van der Waals surface area contributed by atoms with Crippen molar-refractivity contribution in [3.63, 3.8) is 0 Å². The topological polar surface area (TPSA) is 44.1 Å². The molecule has 0 fully saturated rings. The summed E-state index contributed by atoms with van der Waals surface area (Å²) in [7, 11) is 1.38. The van der Waals surface area contributed by atoms with Crippen LogP contribution in [0.15, 0.2) is 16.9 Å². The van der Waals surface area contributed by atoms with Crippen molar-refractivity contribution in [2.75, 3.05) is 7.11 Å². The Hall–Kier alpha value is -0.840. The van der Waals surface area contributed by atoms with Crippen LogP contribution in [0.5, 0.6) is 0 Å². The lowest BCUT2D eigenvalue weighted by Crippen LogP contribution is -2.07. The summed E-state index contributed by atoms with van der Waals surface area (Å²) in [6, 6.07) is 1.82. The standard InChI is InChI=1S/C7H9BrN2O2/c1-12-7(11)3-5-10-4-2-6(8)9-10/h2,4H,3,5H2,1H3. The van der Waals surface area contributed by atoms with E-state index in [0.717, 1.165) is 4.60 Å². The van der Waals surface area contributed by atoms with Gasteiger partial charge in [-0.05, 0) is 22.0 Å². The smallest absolute Gasteiger partial charge is 0.307 e. The van der Waals surface area contributed by atoms with Crippen LogP contribution in [0.3, 0.4) is 0 Å². The third-order valence-electron chi connectivity index (χ3n) is 1.38. The molecule has 0 unspecified atom stereocenters. The Balaban J connectivity index is 2.38. The zero-order chi connectivity index (χ0) is 8.97. The third-order valence-corrected chi connectivity index (χ3v) is 1.80. The lowest BCUT2D eigenvalue weighted by molar-refractivity contribution is -0.140. The predicted octanol–water partition coefficient (Wildman–Crippen LogP) is 1.21. The number of ether oxygens (including phenoxy) is 1. The molecule has 0 bridgehead atoms. The molecule has 0 aliphatic rings. The molecule has 5 heteroatoms. The van der Waals surface area contributed by atoms with Gasteiger partial charge in [-0.1, -0.05) is 0 Å². The largest absolute Gasteiger partial charge is 0.469 e. The summed E-state index contributed by atoms with van der Waals surface area (Å²) in [4.78, 5) is 10.7. The van der Waals surface area contributed by atoms with E-state index in [1.165, 1.54) is 7.11 Å². The van der Waals surface area contributed by atoms with Crippen molar-refractivity contribution in [2.24, 2.45) is 0 Å². The Kier molecular flexibility index (Phi) is 3.28. The summed E-state index contributed by atoms with van der Waals surface area (Å²) >= 11 is 3.21. The minimum absolute atomic E-state index is 0.221. The van der Waals surface area contributed by atoms with Crippen molar-refractivity contribution in [2.45, 2.75) is 13.0 Å². The third kappa shape index (κ3) is 2.65. The molecule has 0 amide bonds. The van der Waals surface area contributed by atoms with Crippen LogP contribution < -0.4 is 0 Å². The van der Waals surface area contributed by atoms with Crippen LogP contribution in [0.2, 0.25) is 0 Å². The summed E-state index contributed by atoms with van der Waals surface area (Å²) in [5.41, 5.74) is 0. The summed E-state index contributed by atoms with van der Waals surface area (Å²) in [6.07, 6.45) is 2.15. The van der Waals surface area contributed by atoms with Gasteiger partial charge in [0.1, 0.15) is 4.60 Å². The van der Waals surface area contributed by atoms with E-state index in [2.05, 4.69) is 25.8 Å². The molecule has 1 aromatic rings. The van der Waals surface area contributed by atoms with E-state index in [-0.39, 0.29) is 5.97 Å². The molecule has 0 saturated carbocycles. The molecule has 0 aromatic carbocycles. The van der Waals surface area contributed by atoms with E-state index in [1.807, 2.05) is 6.07 Å². The van der Waals surface area contributed by atoms with Crippen molar-refractivity contribution in [1.29, 1.82) is 0 Å². The quantitative estimate of drug-likeness (QED) is 0.737. The van der Waals surface area contributed by atoms with Crippen LogP contribution >= 0.6 is 15.9 Å². The van der Waals surface area contributed by atoms with E-state index >= 15 is 0 Å². The molecule has 0 aliphatic heterocycles. The number of halogens is 1. The molecule has 12 heavy (non-hydrogen) atoms. The van der Waals surface area contributed by atoms with Gasteiger partial charge in [0, 0.05) is 6.20 Å². The maximum atomic E-state index is 10.7. The molecule has 0 atom stereocenters. The number of hydrogen-bond donors (Lipinski definition) is 0. The van der Waals surface area contributed by atoms with Crippen LogP contribution in [0.25, 0.3) is 0 Å². The number of hydrogen-bond acceptors (Lipinski definition) is 3. The maximum Gasteiger partial charge on any atom is 0.307 e. The van der Waals surface area contributed by atoms with E-state index < -0.39 is 0 Å². The molecular formula is C7H9BrN2O2. The van der Waals surface area contributed by atoms with Gasteiger partial charge in [0.2, 0.25) is 0 Å². The second kappa shape index (κ2) is 4.25. The zero-order valence-corrected chi connectivity index (χ0v) is 8.24. The normalized spacial score (nSPS) is 9.83. The van der Waals surface area contributed by atoms with Crippen LogP contribution in [0.4, 0.5) is 0 Å². The van der Waals surface area contributed by atoms with E-state index in [9.17, 15) is 4.79 Å². The van der Waals surface area contributed by atoms with Crippen LogP contribution in [-0.2, 0) is 16.1 Å². The second-order valence-corrected chi connectivity index (χ2v) is 3.04. The van der Waals surface area contributed by atoms with Gasteiger partial charge in [-0.15, -0.1) is 0 Å². The molecule has 4 nitrogen and oxygen atoms in total. The minimum atomic E-state index is -0.221. The lowest BCUT2D eigenvalue weighted by Gasteiger charge is -1.98. The van der Waals surface area contributed by atoms with Crippen molar-refractivity contribution in [3.8, 4) is 0 Å². The van der Waals surface area contributed by atoms with Gasteiger partial charge < -0.3 is 4.74 Å². The fourth-order valence-corrected chi connectivity index (χ4v) is 1.09. The molecule has 1 rings (SSSR count). The van der Waals surface area contributed by atoms with Gasteiger partial charge in [-0.3, -0.25) is 9.48 Å². The number of carbonyl (C=O) groups is 1. The molecule has 66 valence electrons. The predicted molar refractivity (Wildman–Crippen MR) is 46.6 cm³/mol. The van der Waals surface area contributed by atoms with E-state index in [4.69, 9.17) is 0 Å². The number of aryl methyl sites for hydroxylation is 1. The van der Waals surface area contributed by atoms with Crippen molar-refractivity contribution in [1.82, 2.24) is 9.78 Å². The van der Waals surface area contributed by atoms with Gasteiger partial charge in [-0.25, -0.2) is 0 Å². The molecule has 0 saturated heterocycles. The average molecular weight is 233 g/mol. The highest BCUT2D eigenvalue weighted by Crippen LogP contribution is 2.04. The Morgan fingerprint density at radius 3 is 3.08 bits per heavy atom. The molecule has 0 N–H and O–H groups in total. The van der Waals surface area contributed by atoms with Crippen LogP contribution in [0, 0.1) is 0 Å². The highest BCUT2D eigenvalue weighted by molar-refractivity contribution is 9.10. The number of methoxy groups -OCH3 is 1. The summed E-state index contributed by atoms with van der Waals surface area (Å²) in [6.45, 7) is 0.554. The van der Waals surface area contributed by atoms with Crippen molar-refractivity contribution < 1.29 is 9.53 Å². The Morgan fingerprint density at radius 2 is 2.58 bits per heavy atom. The second-order valence-electron chi connectivity index (χ2n) is 2.23. The first-order chi connectivity index (χ1) is 5.72. The fraction of sp³-hybridized carbons (Fsp3) is 0.429. The van der Waals surface area contributed by atoms with Gasteiger partial charge in [0.15, 0.2) is 0 Å². The molecular weight excluding hydrogens is 224 g/mol.